The number of fused-ring (bicyclic) bond motifs is 1. The monoisotopic (exact) mass is 479 g/mol. The molecule has 1 aliphatic heterocycles. The number of thiazole rings is 1. The Hall–Kier alpha value is -4.38. The van der Waals surface area contributed by atoms with Gasteiger partial charge in [-0.25, -0.2) is 9.37 Å². The van der Waals surface area contributed by atoms with Crippen molar-refractivity contribution < 1.29 is 28.4 Å². The summed E-state index contributed by atoms with van der Waals surface area (Å²) in [7, 11) is 0. The Bertz CT molecular complexity index is 1540. The number of hydrogen-bond acceptors (Lipinski definition) is 8. The second-order valence-electron chi connectivity index (χ2n) is 7.54. The van der Waals surface area contributed by atoms with E-state index in [1.54, 1.807) is 13.0 Å². The number of Topliss-reactive ketones (excluding diaryl/α,β-unsaturated/α-hetero) is 1. The summed E-state index contributed by atoms with van der Waals surface area (Å²) in [6.07, 6.45) is 0. The molecule has 170 valence electrons. The summed E-state index contributed by atoms with van der Waals surface area (Å²) in [6.45, 7) is 1.63. The third-order valence-electron chi connectivity index (χ3n) is 5.36. The molecule has 1 aliphatic rings. The Balaban J connectivity index is 1.70. The minimum Gasteiger partial charge on any atom is -0.503 e. The highest BCUT2D eigenvalue weighted by atomic mass is 32.1. The Morgan fingerprint density at radius 3 is 2.74 bits per heavy atom. The summed E-state index contributed by atoms with van der Waals surface area (Å²) >= 11 is 0.985. The molecule has 1 amide bonds. The van der Waals surface area contributed by atoms with Crippen molar-refractivity contribution in [2.45, 2.75) is 13.0 Å². The van der Waals surface area contributed by atoms with E-state index in [1.165, 1.54) is 48.5 Å². The molecule has 0 fully saturated rings. The van der Waals surface area contributed by atoms with Crippen LogP contribution in [0.5, 0.6) is 0 Å². The molecule has 2 aromatic heterocycles. The molecule has 2 aromatic carbocycles. The van der Waals surface area contributed by atoms with Crippen LogP contribution < -0.4 is 4.90 Å². The van der Waals surface area contributed by atoms with Crippen molar-refractivity contribution in [2.24, 2.45) is 0 Å². The number of furan rings is 1. The summed E-state index contributed by atoms with van der Waals surface area (Å²) in [5.41, 5.74) is 0.0603. The van der Waals surface area contributed by atoms with Gasteiger partial charge in [-0.2, -0.15) is 0 Å². The van der Waals surface area contributed by atoms with E-state index in [1.807, 2.05) is 0 Å². The molecule has 0 bridgehead atoms. The van der Waals surface area contributed by atoms with E-state index >= 15 is 0 Å². The van der Waals surface area contributed by atoms with E-state index in [4.69, 9.17) is 4.42 Å². The number of amides is 1. The number of aromatic nitrogens is 1. The van der Waals surface area contributed by atoms with Crippen molar-refractivity contribution >= 4 is 44.1 Å². The fourth-order valence-electron chi connectivity index (χ4n) is 3.84. The molecule has 0 saturated carbocycles. The van der Waals surface area contributed by atoms with Crippen LogP contribution in [-0.4, -0.2) is 26.7 Å². The molecule has 0 saturated heterocycles. The van der Waals surface area contributed by atoms with Gasteiger partial charge in [0.1, 0.15) is 11.6 Å². The van der Waals surface area contributed by atoms with Gasteiger partial charge in [0.05, 0.1) is 26.8 Å². The van der Waals surface area contributed by atoms with E-state index in [-0.39, 0.29) is 27.7 Å². The summed E-state index contributed by atoms with van der Waals surface area (Å²) in [5, 5.41) is 22.2. The van der Waals surface area contributed by atoms with Crippen molar-refractivity contribution in [1.29, 1.82) is 0 Å². The molecule has 1 N–H and O–H groups in total. The second kappa shape index (κ2) is 7.89. The first-order chi connectivity index (χ1) is 16.2. The van der Waals surface area contributed by atoms with Crippen LogP contribution in [0.15, 0.2) is 70.3 Å². The van der Waals surface area contributed by atoms with Crippen LogP contribution in [-0.2, 0) is 4.79 Å². The minimum atomic E-state index is -1.23. The standard InChI is InChI=1S/C23H14FN3O6S/c1-11-5-8-16(33-11)20(28)18-19(12-3-2-4-14(9-12)27(31)32)26(22(30)21(18)29)23-25-15-7-6-13(24)10-17(15)34-23/h2-10,19,29H,1H3. The highest BCUT2D eigenvalue weighted by Crippen LogP contribution is 2.44. The average molecular weight is 479 g/mol. The zero-order chi connectivity index (χ0) is 24.1. The molecule has 0 aliphatic carbocycles. The molecule has 0 radical (unpaired) electrons. The first kappa shape index (κ1) is 21.5. The van der Waals surface area contributed by atoms with Crippen molar-refractivity contribution in [3.05, 3.63) is 98.9 Å². The highest BCUT2D eigenvalue weighted by Gasteiger charge is 2.46. The number of nitro benzene ring substituents is 1. The number of hydrogen-bond donors (Lipinski definition) is 1. The summed E-state index contributed by atoms with van der Waals surface area (Å²) in [5.74, 6) is -2.62. The lowest BCUT2D eigenvalue weighted by molar-refractivity contribution is -0.384. The van der Waals surface area contributed by atoms with E-state index in [9.17, 15) is 29.2 Å². The molecule has 34 heavy (non-hydrogen) atoms. The molecule has 3 heterocycles. The lowest BCUT2D eigenvalue weighted by Gasteiger charge is -2.24. The second-order valence-corrected chi connectivity index (χ2v) is 8.55. The van der Waals surface area contributed by atoms with Gasteiger partial charge in [-0.15, -0.1) is 0 Å². The number of rotatable bonds is 5. The molecular formula is C23H14FN3O6S. The van der Waals surface area contributed by atoms with Crippen LogP contribution >= 0.6 is 11.3 Å². The number of ketones is 1. The summed E-state index contributed by atoms with van der Waals surface area (Å²) < 4.78 is 19.6. The Morgan fingerprint density at radius 1 is 1.24 bits per heavy atom. The van der Waals surface area contributed by atoms with Gasteiger partial charge in [0, 0.05) is 12.1 Å². The first-order valence-corrected chi connectivity index (χ1v) is 10.7. The van der Waals surface area contributed by atoms with E-state index < -0.39 is 34.2 Å². The molecule has 5 rings (SSSR count). The topological polar surface area (TPSA) is 127 Å². The molecule has 0 spiro atoms. The predicted octanol–water partition coefficient (Wildman–Crippen LogP) is 5.03. The maximum absolute atomic E-state index is 13.7. The normalized spacial score (nSPS) is 16.0. The van der Waals surface area contributed by atoms with Gasteiger partial charge in [-0.1, -0.05) is 23.5 Å². The third kappa shape index (κ3) is 3.42. The summed E-state index contributed by atoms with van der Waals surface area (Å²) in [6, 6.07) is 11.1. The number of carbonyl (C=O) groups is 2. The van der Waals surface area contributed by atoms with Gasteiger partial charge in [0.25, 0.3) is 11.6 Å². The fraction of sp³-hybridized carbons (Fsp3) is 0.0870. The molecule has 1 atom stereocenters. The SMILES string of the molecule is Cc1ccc(C(=O)C2=C(O)C(=O)N(c3nc4ccc(F)cc4s3)C2c2cccc([N+](=O)[O-])c2)o1. The highest BCUT2D eigenvalue weighted by molar-refractivity contribution is 7.22. The van der Waals surface area contributed by atoms with Crippen LogP contribution in [0.25, 0.3) is 10.2 Å². The number of nitrogens with zero attached hydrogens (tertiary/aromatic N) is 3. The fourth-order valence-corrected chi connectivity index (χ4v) is 4.85. The molecule has 1 unspecified atom stereocenters. The van der Waals surface area contributed by atoms with Gasteiger partial charge in [0.15, 0.2) is 16.7 Å². The largest absolute Gasteiger partial charge is 0.503 e. The number of aliphatic hydroxyl groups is 1. The van der Waals surface area contributed by atoms with Crippen LogP contribution in [0.3, 0.4) is 0 Å². The Morgan fingerprint density at radius 2 is 2.03 bits per heavy atom. The number of anilines is 1. The van der Waals surface area contributed by atoms with E-state index in [2.05, 4.69) is 4.98 Å². The van der Waals surface area contributed by atoms with Crippen molar-refractivity contribution in [3.63, 3.8) is 0 Å². The van der Waals surface area contributed by atoms with Crippen molar-refractivity contribution in [2.75, 3.05) is 4.90 Å². The number of halogens is 1. The predicted molar refractivity (Wildman–Crippen MR) is 120 cm³/mol. The average Bonchev–Trinajstić information content (AvgIpc) is 3.49. The molecule has 9 nitrogen and oxygen atoms in total. The van der Waals surface area contributed by atoms with Gasteiger partial charge in [-0.05, 0) is 42.8 Å². The van der Waals surface area contributed by atoms with Crippen LogP contribution in [0.1, 0.15) is 27.9 Å². The van der Waals surface area contributed by atoms with E-state index in [0.29, 0.717) is 16.0 Å². The number of nitro groups is 1. The van der Waals surface area contributed by atoms with Crippen LogP contribution in [0, 0.1) is 22.9 Å². The zero-order valence-corrected chi connectivity index (χ0v) is 18.2. The molecule has 11 heteroatoms. The van der Waals surface area contributed by atoms with Gasteiger partial charge < -0.3 is 9.52 Å². The number of non-ortho nitro benzene ring substituents is 1. The Labute approximate surface area is 194 Å². The van der Waals surface area contributed by atoms with Crippen molar-refractivity contribution in [3.8, 4) is 0 Å². The zero-order valence-electron chi connectivity index (χ0n) is 17.4. The minimum absolute atomic E-state index is 0.0899. The maximum atomic E-state index is 13.7. The number of aryl methyl sites for hydroxylation is 1. The van der Waals surface area contributed by atoms with Crippen LogP contribution in [0.4, 0.5) is 15.2 Å². The number of benzene rings is 2. The number of carbonyl (C=O) groups excluding carboxylic acids is 2. The van der Waals surface area contributed by atoms with Crippen LogP contribution in [0.2, 0.25) is 0 Å². The van der Waals surface area contributed by atoms with Gasteiger partial charge in [-0.3, -0.25) is 24.6 Å². The van der Waals surface area contributed by atoms with Gasteiger partial charge in [0.2, 0.25) is 5.78 Å². The maximum Gasteiger partial charge on any atom is 0.296 e. The lowest BCUT2D eigenvalue weighted by atomic mass is 9.95. The smallest absolute Gasteiger partial charge is 0.296 e. The summed E-state index contributed by atoms with van der Waals surface area (Å²) in [4.78, 5) is 42.7. The third-order valence-corrected chi connectivity index (χ3v) is 6.38. The van der Waals surface area contributed by atoms with Crippen molar-refractivity contribution in [1.82, 2.24) is 4.98 Å². The Kier molecular flexibility index (Phi) is 4.98. The first-order valence-electron chi connectivity index (χ1n) is 9.93. The lowest BCUT2D eigenvalue weighted by Crippen LogP contribution is -2.31. The quantitative estimate of drug-likeness (QED) is 0.242. The molecule has 4 aromatic rings. The molecular weight excluding hydrogens is 465 g/mol. The van der Waals surface area contributed by atoms with E-state index in [0.717, 1.165) is 16.2 Å². The number of aliphatic hydroxyl groups excluding tert-OH is 1. The van der Waals surface area contributed by atoms with Gasteiger partial charge >= 0.3 is 0 Å².